The topological polar surface area (TPSA) is 60.6 Å². The van der Waals surface area contributed by atoms with Gasteiger partial charge in [-0.2, -0.15) is 0 Å². The van der Waals surface area contributed by atoms with E-state index in [-0.39, 0.29) is 12.8 Å². The zero-order chi connectivity index (χ0) is 12.3. The van der Waals surface area contributed by atoms with Gasteiger partial charge in [-0.1, -0.05) is 6.07 Å². The van der Waals surface area contributed by atoms with Gasteiger partial charge in [-0.25, -0.2) is 4.79 Å². The molecule has 0 radical (unpaired) electrons. The molecular weight excluding hydrogens is 222 g/mol. The predicted octanol–water partition coefficient (Wildman–Crippen LogP) is 1.94. The van der Waals surface area contributed by atoms with Gasteiger partial charge in [0.15, 0.2) is 12.7 Å². The van der Waals surface area contributed by atoms with Crippen LogP contribution < -0.4 is 4.74 Å². The van der Waals surface area contributed by atoms with Crippen molar-refractivity contribution in [1.82, 2.24) is 4.98 Å². The normalized spacial score (nSPS) is 10.5. The first-order valence-corrected chi connectivity index (χ1v) is 5.08. The summed E-state index contributed by atoms with van der Waals surface area (Å²) in [6, 6.07) is 7.11. The number of carbonyl (C=O) groups excluding carboxylic acids is 1. The van der Waals surface area contributed by atoms with Gasteiger partial charge in [0.05, 0.1) is 12.7 Å². The number of methoxy groups -OCH3 is 2. The van der Waals surface area contributed by atoms with Crippen molar-refractivity contribution >= 4 is 16.9 Å². The van der Waals surface area contributed by atoms with Gasteiger partial charge < -0.3 is 19.2 Å². The van der Waals surface area contributed by atoms with Crippen molar-refractivity contribution in [1.29, 1.82) is 0 Å². The van der Waals surface area contributed by atoms with E-state index in [1.807, 2.05) is 6.07 Å². The number of H-pyrrole nitrogens is 1. The Bertz CT molecular complexity index is 532. The van der Waals surface area contributed by atoms with Crippen LogP contribution in [0.3, 0.4) is 0 Å². The van der Waals surface area contributed by atoms with E-state index in [1.54, 1.807) is 25.3 Å². The largest absolute Gasteiger partial charge is 0.465 e. The molecule has 0 aliphatic heterocycles. The molecule has 0 saturated heterocycles. The Labute approximate surface area is 98.3 Å². The summed E-state index contributed by atoms with van der Waals surface area (Å²) in [5, 5.41) is 0.769. The van der Waals surface area contributed by atoms with Crippen molar-refractivity contribution in [3.63, 3.8) is 0 Å². The van der Waals surface area contributed by atoms with Crippen LogP contribution in [-0.2, 0) is 9.47 Å². The summed E-state index contributed by atoms with van der Waals surface area (Å²) in [5.41, 5.74) is 1.33. The van der Waals surface area contributed by atoms with Crippen LogP contribution in [0, 0.1) is 0 Å². The van der Waals surface area contributed by atoms with Crippen LogP contribution in [0.5, 0.6) is 5.88 Å². The van der Waals surface area contributed by atoms with Crippen molar-refractivity contribution in [3.05, 3.63) is 29.8 Å². The molecule has 0 atom stereocenters. The Hall–Kier alpha value is -2.01. The van der Waals surface area contributed by atoms with E-state index in [0.717, 1.165) is 10.9 Å². The molecule has 0 fully saturated rings. The summed E-state index contributed by atoms with van der Waals surface area (Å²) in [6.07, 6.45) is 0. The van der Waals surface area contributed by atoms with Crippen molar-refractivity contribution in [2.75, 3.05) is 21.0 Å². The molecule has 5 nitrogen and oxygen atoms in total. The van der Waals surface area contributed by atoms with Gasteiger partial charge >= 0.3 is 5.97 Å². The molecule has 1 aromatic carbocycles. The van der Waals surface area contributed by atoms with E-state index in [1.165, 1.54) is 7.11 Å². The second-order valence-corrected chi connectivity index (χ2v) is 3.44. The molecule has 0 aliphatic carbocycles. The van der Waals surface area contributed by atoms with Crippen molar-refractivity contribution < 1.29 is 19.0 Å². The monoisotopic (exact) mass is 235 g/mol. The fraction of sp³-hybridized carbons (Fsp3) is 0.250. The quantitative estimate of drug-likeness (QED) is 0.649. The molecular formula is C12H13NO4. The number of ether oxygens (including phenoxy) is 3. The maximum absolute atomic E-state index is 11.5. The highest BCUT2D eigenvalue weighted by molar-refractivity contribution is 6.04. The highest BCUT2D eigenvalue weighted by atomic mass is 16.7. The number of esters is 1. The first-order valence-electron chi connectivity index (χ1n) is 5.08. The molecule has 0 unspecified atom stereocenters. The lowest BCUT2D eigenvalue weighted by Gasteiger charge is -1.99. The second-order valence-electron chi connectivity index (χ2n) is 3.44. The Kier molecular flexibility index (Phi) is 3.30. The van der Waals surface area contributed by atoms with Gasteiger partial charge in [0.2, 0.25) is 0 Å². The maximum Gasteiger partial charge on any atom is 0.338 e. The second kappa shape index (κ2) is 4.88. The van der Waals surface area contributed by atoms with Crippen LogP contribution in [0.4, 0.5) is 0 Å². The lowest BCUT2D eigenvalue weighted by atomic mass is 10.1. The van der Waals surface area contributed by atoms with Crippen molar-refractivity contribution in [2.45, 2.75) is 0 Å². The molecule has 0 amide bonds. The van der Waals surface area contributed by atoms with Gasteiger partial charge in [-0.15, -0.1) is 0 Å². The molecule has 0 bridgehead atoms. The summed E-state index contributed by atoms with van der Waals surface area (Å²) < 4.78 is 14.8. The molecule has 2 rings (SSSR count). The molecule has 2 aromatic rings. The smallest absolute Gasteiger partial charge is 0.338 e. The zero-order valence-electron chi connectivity index (χ0n) is 9.65. The van der Waals surface area contributed by atoms with Gasteiger partial charge in [-0.05, 0) is 12.1 Å². The third kappa shape index (κ3) is 2.24. The minimum atomic E-state index is -0.368. The highest BCUT2D eigenvalue weighted by Crippen LogP contribution is 2.24. The Morgan fingerprint density at radius 3 is 2.88 bits per heavy atom. The number of carbonyl (C=O) groups is 1. The number of aromatic amines is 1. The molecule has 1 heterocycles. The zero-order valence-corrected chi connectivity index (χ0v) is 9.65. The summed E-state index contributed by atoms with van der Waals surface area (Å²) in [4.78, 5) is 14.6. The maximum atomic E-state index is 11.5. The third-order valence-electron chi connectivity index (χ3n) is 2.38. The van der Waals surface area contributed by atoms with Gasteiger partial charge in [0, 0.05) is 24.1 Å². The summed E-state index contributed by atoms with van der Waals surface area (Å²) in [6.45, 7) is 0.153. The van der Waals surface area contributed by atoms with E-state index in [9.17, 15) is 4.79 Å². The van der Waals surface area contributed by atoms with Crippen LogP contribution >= 0.6 is 0 Å². The van der Waals surface area contributed by atoms with Crippen LogP contribution in [0.25, 0.3) is 10.9 Å². The molecule has 1 N–H and O–H groups in total. The predicted molar refractivity (Wildman–Crippen MR) is 62.1 cm³/mol. The summed E-state index contributed by atoms with van der Waals surface area (Å²) in [7, 11) is 2.90. The molecule has 17 heavy (non-hydrogen) atoms. The van der Waals surface area contributed by atoms with E-state index in [4.69, 9.17) is 14.2 Å². The number of nitrogens with one attached hydrogen (secondary N) is 1. The van der Waals surface area contributed by atoms with Gasteiger partial charge in [0.25, 0.3) is 0 Å². The Balaban J connectivity index is 2.42. The molecule has 0 aliphatic rings. The van der Waals surface area contributed by atoms with Crippen LogP contribution in [0.2, 0.25) is 0 Å². The van der Waals surface area contributed by atoms with Gasteiger partial charge in [0.1, 0.15) is 0 Å². The minimum Gasteiger partial charge on any atom is -0.465 e. The number of hydrogen-bond acceptors (Lipinski definition) is 4. The van der Waals surface area contributed by atoms with E-state index < -0.39 is 0 Å². The Morgan fingerprint density at radius 2 is 2.18 bits per heavy atom. The van der Waals surface area contributed by atoms with Crippen LogP contribution in [0.1, 0.15) is 10.4 Å². The average Bonchev–Trinajstić information content (AvgIpc) is 2.77. The fourth-order valence-electron chi connectivity index (χ4n) is 1.62. The molecule has 0 saturated carbocycles. The van der Waals surface area contributed by atoms with E-state index in [2.05, 4.69) is 4.98 Å². The summed E-state index contributed by atoms with van der Waals surface area (Å²) in [5.74, 6) is 0.186. The molecule has 90 valence electrons. The number of fused-ring (bicyclic) bond motifs is 1. The van der Waals surface area contributed by atoms with Crippen molar-refractivity contribution in [3.8, 4) is 5.88 Å². The highest BCUT2D eigenvalue weighted by Gasteiger charge is 2.12. The summed E-state index contributed by atoms with van der Waals surface area (Å²) >= 11 is 0. The third-order valence-corrected chi connectivity index (χ3v) is 2.38. The van der Waals surface area contributed by atoms with Crippen molar-refractivity contribution in [2.24, 2.45) is 0 Å². The molecule has 5 heteroatoms. The number of benzene rings is 1. The standard InChI is InChI=1S/C12H13NO4/c1-15-7-17-11-6-9-8(12(14)16-2)4-3-5-10(9)13-11/h3-6,13H,7H2,1-2H3. The Morgan fingerprint density at radius 1 is 1.35 bits per heavy atom. The molecule has 1 aromatic heterocycles. The number of rotatable bonds is 4. The SMILES string of the molecule is COCOc1cc2c(C(=O)OC)cccc2[nH]1. The first-order chi connectivity index (χ1) is 8.26. The lowest BCUT2D eigenvalue weighted by Crippen LogP contribution is -2.00. The number of aromatic nitrogens is 1. The van der Waals surface area contributed by atoms with E-state index >= 15 is 0 Å². The number of hydrogen-bond donors (Lipinski definition) is 1. The van der Waals surface area contributed by atoms with Crippen LogP contribution in [0.15, 0.2) is 24.3 Å². The lowest BCUT2D eigenvalue weighted by molar-refractivity contribution is 0.0484. The van der Waals surface area contributed by atoms with Crippen LogP contribution in [-0.4, -0.2) is 32.0 Å². The fourth-order valence-corrected chi connectivity index (χ4v) is 1.62. The van der Waals surface area contributed by atoms with Gasteiger partial charge in [-0.3, -0.25) is 0 Å². The minimum absolute atomic E-state index is 0.153. The van der Waals surface area contributed by atoms with E-state index in [0.29, 0.717) is 11.4 Å². The molecule has 0 spiro atoms. The first kappa shape index (κ1) is 11.5. The average molecular weight is 235 g/mol.